The molecule has 1 aromatic heterocycles. The van der Waals surface area contributed by atoms with E-state index in [1.54, 1.807) is 0 Å². The minimum atomic E-state index is -0.132. The second-order valence-electron chi connectivity index (χ2n) is 8.91. The third-order valence-electron chi connectivity index (χ3n) is 6.84. The van der Waals surface area contributed by atoms with Crippen LogP contribution in [0.3, 0.4) is 0 Å². The molecular formula is C26H30ClN3O2. The van der Waals surface area contributed by atoms with Crippen LogP contribution in [0.2, 0.25) is 5.02 Å². The molecule has 168 valence electrons. The minimum Gasteiger partial charge on any atom is -0.494 e. The fourth-order valence-corrected chi connectivity index (χ4v) is 5.37. The lowest BCUT2D eigenvalue weighted by atomic mass is 9.93. The highest BCUT2D eigenvalue weighted by molar-refractivity contribution is 6.31. The van der Waals surface area contributed by atoms with Crippen LogP contribution in [0.1, 0.15) is 55.0 Å². The Balaban J connectivity index is 1.27. The second kappa shape index (κ2) is 9.55. The van der Waals surface area contributed by atoms with Crippen molar-refractivity contribution >= 4 is 28.9 Å². The van der Waals surface area contributed by atoms with Crippen molar-refractivity contribution in [3.05, 3.63) is 64.3 Å². The molecule has 1 amide bonds. The van der Waals surface area contributed by atoms with E-state index >= 15 is 0 Å². The molecule has 1 saturated carbocycles. The number of hydrogen-bond acceptors (Lipinski definition) is 3. The van der Waals surface area contributed by atoms with Crippen LogP contribution in [0, 0.1) is 0 Å². The van der Waals surface area contributed by atoms with E-state index in [4.69, 9.17) is 16.3 Å². The van der Waals surface area contributed by atoms with Crippen molar-refractivity contribution in [1.29, 1.82) is 0 Å². The first-order valence-electron chi connectivity index (χ1n) is 11.7. The summed E-state index contributed by atoms with van der Waals surface area (Å²) in [6.45, 7) is 2.40. The van der Waals surface area contributed by atoms with Gasteiger partial charge in [0.1, 0.15) is 5.75 Å². The number of fused-ring (bicyclic) bond motifs is 3. The molecule has 32 heavy (non-hydrogen) atoms. The van der Waals surface area contributed by atoms with Gasteiger partial charge in [-0.2, -0.15) is 0 Å². The lowest BCUT2D eigenvalue weighted by Crippen LogP contribution is -2.34. The Morgan fingerprint density at radius 1 is 1.16 bits per heavy atom. The number of nitrogens with zero attached hydrogens (tertiary/aromatic N) is 1. The van der Waals surface area contributed by atoms with Crippen LogP contribution in [0.4, 0.5) is 0 Å². The summed E-state index contributed by atoms with van der Waals surface area (Å²) in [5, 5.41) is 5.50. The predicted molar refractivity (Wildman–Crippen MR) is 128 cm³/mol. The van der Waals surface area contributed by atoms with Gasteiger partial charge in [0.15, 0.2) is 0 Å². The molecule has 5 rings (SSSR count). The van der Waals surface area contributed by atoms with E-state index in [-0.39, 0.29) is 6.04 Å². The van der Waals surface area contributed by atoms with Crippen LogP contribution >= 0.6 is 11.6 Å². The molecule has 2 heterocycles. The van der Waals surface area contributed by atoms with Crippen molar-refractivity contribution in [2.75, 3.05) is 19.7 Å². The minimum absolute atomic E-state index is 0.132. The molecule has 0 saturated heterocycles. The largest absolute Gasteiger partial charge is 0.494 e. The van der Waals surface area contributed by atoms with Gasteiger partial charge in [0.25, 0.3) is 0 Å². The van der Waals surface area contributed by atoms with Gasteiger partial charge < -0.3 is 19.9 Å². The number of amides is 1. The topological polar surface area (TPSA) is 57.4 Å². The first-order chi connectivity index (χ1) is 15.7. The van der Waals surface area contributed by atoms with E-state index in [9.17, 15) is 4.79 Å². The van der Waals surface area contributed by atoms with Crippen molar-refractivity contribution < 1.29 is 9.53 Å². The molecule has 0 bridgehead atoms. The number of carbonyl (C=O) groups excluding carboxylic acids is 1. The molecule has 1 fully saturated rings. The van der Waals surface area contributed by atoms with Crippen LogP contribution in [0.15, 0.2) is 42.5 Å². The molecule has 1 aliphatic heterocycles. The number of benzene rings is 2. The highest BCUT2D eigenvalue weighted by atomic mass is 35.5. The van der Waals surface area contributed by atoms with Gasteiger partial charge in [-0.15, -0.1) is 0 Å². The monoisotopic (exact) mass is 451 g/mol. The maximum absolute atomic E-state index is 11.8. The zero-order valence-electron chi connectivity index (χ0n) is 18.3. The van der Waals surface area contributed by atoms with Gasteiger partial charge in [0.2, 0.25) is 6.41 Å². The van der Waals surface area contributed by atoms with Crippen molar-refractivity contribution in [1.82, 2.24) is 15.2 Å². The number of H-pyrrole nitrogens is 1. The Kier molecular flexibility index (Phi) is 6.37. The van der Waals surface area contributed by atoms with Gasteiger partial charge in [-0.05, 0) is 73.7 Å². The van der Waals surface area contributed by atoms with Gasteiger partial charge >= 0.3 is 0 Å². The summed E-state index contributed by atoms with van der Waals surface area (Å²) in [6.07, 6.45) is 8.11. The molecule has 2 N–H and O–H groups in total. The summed E-state index contributed by atoms with van der Waals surface area (Å²) < 4.78 is 5.95. The molecule has 6 heteroatoms. The van der Waals surface area contributed by atoms with Gasteiger partial charge in [-0.25, -0.2) is 0 Å². The van der Waals surface area contributed by atoms with E-state index < -0.39 is 0 Å². The molecule has 0 spiro atoms. The standard InChI is InChI=1S/C26H30ClN3O2/c27-19-8-11-24-23(16-19)22-12-14-30(17-31)26(25(22)29-24)18-6-9-21(10-7-18)32-15-3-13-28-20-4-1-2-5-20/h6-11,16-17,20,26,28-29H,1-5,12-15H2. The first-order valence-corrected chi connectivity index (χ1v) is 12.1. The Bertz CT molecular complexity index is 1070. The highest BCUT2D eigenvalue weighted by Gasteiger charge is 2.31. The van der Waals surface area contributed by atoms with E-state index in [1.807, 2.05) is 35.2 Å². The Morgan fingerprint density at radius 3 is 2.75 bits per heavy atom. The van der Waals surface area contributed by atoms with E-state index in [2.05, 4.69) is 22.4 Å². The van der Waals surface area contributed by atoms with E-state index in [1.165, 1.54) is 31.2 Å². The molecule has 2 aliphatic rings. The lowest BCUT2D eigenvalue weighted by Gasteiger charge is -2.33. The van der Waals surface area contributed by atoms with E-state index in [0.717, 1.165) is 58.7 Å². The van der Waals surface area contributed by atoms with Gasteiger partial charge in [0.05, 0.1) is 12.6 Å². The summed E-state index contributed by atoms with van der Waals surface area (Å²) in [6, 6.07) is 14.7. The highest BCUT2D eigenvalue weighted by Crippen LogP contribution is 2.38. The van der Waals surface area contributed by atoms with Crippen molar-refractivity contribution in [3.63, 3.8) is 0 Å². The van der Waals surface area contributed by atoms with Crippen LogP contribution in [-0.4, -0.2) is 42.0 Å². The first kappa shape index (κ1) is 21.4. The molecule has 1 atom stereocenters. The Labute approximate surface area is 194 Å². The summed E-state index contributed by atoms with van der Waals surface area (Å²) in [4.78, 5) is 17.3. The molecular weight excluding hydrogens is 422 g/mol. The van der Waals surface area contributed by atoms with Crippen LogP contribution < -0.4 is 10.1 Å². The lowest BCUT2D eigenvalue weighted by molar-refractivity contribution is -0.120. The quantitative estimate of drug-likeness (QED) is 0.364. The number of carbonyl (C=O) groups is 1. The number of hydrogen-bond donors (Lipinski definition) is 2. The van der Waals surface area contributed by atoms with Crippen LogP contribution in [0.25, 0.3) is 10.9 Å². The molecule has 1 aliphatic carbocycles. The molecule has 1 unspecified atom stereocenters. The smallest absolute Gasteiger partial charge is 0.210 e. The number of rotatable bonds is 8. The van der Waals surface area contributed by atoms with Crippen molar-refractivity contribution in [3.8, 4) is 5.75 Å². The number of aromatic nitrogens is 1. The average Bonchev–Trinajstić information content (AvgIpc) is 3.46. The van der Waals surface area contributed by atoms with Crippen molar-refractivity contribution in [2.45, 2.75) is 50.6 Å². The molecule has 0 radical (unpaired) electrons. The van der Waals surface area contributed by atoms with Crippen LogP contribution in [0.5, 0.6) is 5.75 Å². The van der Waals surface area contributed by atoms with Crippen LogP contribution in [-0.2, 0) is 11.2 Å². The normalized spacial score (nSPS) is 18.8. The second-order valence-corrected chi connectivity index (χ2v) is 9.35. The third-order valence-corrected chi connectivity index (χ3v) is 7.07. The molecule has 3 aromatic rings. The molecule has 5 nitrogen and oxygen atoms in total. The zero-order valence-corrected chi connectivity index (χ0v) is 19.0. The van der Waals surface area contributed by atoms with Gasteiger partial charge in [0, 0.05) is 34.2 Å². The number of ether oxygens (including phenoxy) is 1. The predicted octanol–water partition coefficient (Wildman–Crippen LogP) is 5.23. The molecule has 2 aromatic carbocycles. The average molecular weight is 452 g/mol. The van der Waals surface area contributed by atoms with Gasteiger partial charge in [-0.1, -0.05) is 36.6 Å². The third kappa shape index (κ3) is 4.37. The fraction of sp³-hybridized carbons (Fsp3) is 0.423. The number of nitrogens with one attached hydrogen (secondary N) is 2. The zero-order chi connectivity index (χ0) is 21.9. The number of aromatic amines is 1. The van der Waals surface area contributed by atoms with Crippen molar-refractivity contribution in [2.24, 2.45) is 0 Å². The Morgan fingerprint density at radius 2 is 1.97 bits per heavy atom. The van der Waals surface area contributed by atoms with E-state index in [0.29, 0.717) is 19.2 Å². The Hall–Kier alpha value is -2.50. The summed E-state index contributed by atoms with van der Waals surface area (Å²) in [5.74, 6) is 0.867. The van der Waals surface area contributed by atoms with Gasteiger partial charge in [-0.3, -0.25) is 4.79 Å². The summed E-state index contributed by atoms with van der Waals surface area (Å²) in [7, 11) is 0. The SMILES string of the molecule is O=CN1CCc2c([nH]c3ccc(Cl)cc23)C1c1ccc(OCCCNC2CCCC2)cc1. The maximum Gasteiger partial charge on any atom is 0.210 e. The summed E-state index contributed by atoms with van der Waals surface area (Å²) in [5.41, 5.74) is 4.46. The summed E-state index contributed by atoms with van der Waals surface area (Å²) >= 11 is 6.24. The number of halogens is 1. The fourth-order valence-electron chi connectivity index (χ4n) is 5.20. The maximum atomic E-state index is 11.8.